The number of likely N-dealkylation sites (N-methyl/N-ethyl adjacent to an activating group) is 1. The molecule has 1 aliphatic rings. The Labute approximate surface area is 211 Å². The monoisotopic (exact) mass is 542 g/mol. The van der Waals surface area contributed by atoms with Gasteiger partial charge in [-0.15, -0.1) is 11.3 Å². The van der Waals surface area contributed by atoms with E-state index in [0.29, 0.717) is 19.0 Å². The van der Waals surface area contributed by atoms with Gasteiger partial charge in [-0.3, -0.25) is 14.4 Å². The molecule has 0 aliphatic carbocycles. The molecular formula is C23H25F3N4O4S2. The maximum Gasteiger partial charge on any atom is 0.418 e. The quantitative estimate of drug-likeness (QED) is 0.428. The number of rotatable bonds is 7. The average Bonchev–Trinajstić information content (AvgIpc) is 3.51. The highest BCUT2D eigenvalue weighted by Crippen LogP contribution is 2.39. The molecule has 0 saturated carbocycles. The van der Waals surface area contributed by atoms with Crippen LogP contribution >= 0.6 is 11.3 Å². The molecule has 2 N–H and O–H groups in total. The van der Waals surface area contributed by atoms with Crippen LogP contribution in [0.5, 0.6) is 0 Å². The molecule has 0 unspecified atom stereocenters. The van der Waals surface area contributed by atoms with E-state index in [-0.39, 0.29) is 24.0 Å². The van der Waals surface area contributed by atoms with Crippen LogP contribution in [-0.4, -0.2) is 56.1 Å². The predicted molar refractivity (Wildman–Crippen MR) is 132 cm³/mol. The smallest absolute Gasteiger partial charge is 0.418 e. The van der Waals surface area contributed by atoms with E-state index in [1.807, 2.05) is 30.3 Å². The molecule has 194 valence electrons. The van der Waals surface area contributed by atoms with Gasteiger partial charge in [0.15, 0.2) is 5.82 Å². The van der Waals surface area contributed by atoms with Crippen LogP contribution < -0.4 is 9.62 Å². The summed E-state index contributed by atoms with van der Waals surface area (Å²) in [5.74, 6) is 0.0687. The van der Waals surface area contributed by atoms with Crippen LogP contribution in [-0.2, 0) is 27.5 Å². The number of thiazole rings is 1. The first kappa shape index (κ1) is 27.4. The van der Waals surface area contributed by atoms with Crippen molar-refractivity contribution < 1.29 is 31.5 Å². The lowest BCUT2D eigenvalue weighted by molar-refractivity contribution is -0.137. The highest BCUT2D eigenvalue weighted by molar-refractivity contribution is 7.92. The van der Waals surface area contributed by atoms with E-state index in [1.54, 1.807) is 11.9 Å². The Morgan fingerprint density at radius 1 is 1.25 bits per heavy atom. The summed E-state index contributed by atoms with van der Waals surface area (Å²) < 4.78 is 69.2. The Morgan fingerprint density at radius 3 is 2.56 bits per heavy atom. The molecule has 13 heteroatoms. The third kappa shape index (κ3) is 6.95. The zero-order chi connectivity index (χ0) is 26.3. The van der Waals surface area contributed by atoms with Gasteiger partial charge in [0, 0.05) is 43.8 Å². The number of aromatic nitrogens is 1. The molecule has 0 spiro atoms. The number of hydrogen-bond donors (Lipinski definition) is 2. The Kier molecular flexibility index (Phi) is 8.93. The van der Waals surface area contributed by atoms with E-state index in [1.165, 1.54) is 34.4 Å². The molecule has 1 fully saturated rings. The summed E-state index contributed by atoms with van der Waals surface area (Å²) in [6.45, 7) is 1.88. The number of alkyl halides is 3. The minimum absolute atomic E-state index is 0.0401. The van der Waals surface area contributed by atoms with Crippen LogP contribution in [0.15, 0.2) is 64.3 Å². The number of sulfonamides is 1. The van der Waals surface area contributed by atoms with Crippen molar-refractivity contribution in [2.45, 2.75) is 30.1 Å². The largest absolute Gasteiger partial charge is 0.483 e. The zero-order valence-electron chi connectivity index (χ0n) is 19.2. The lowest BCUT2D eigenvalue weighted by atomic mass is 10.1. The summed E-state index contributed by atoms with van der Waals surface area (Å²) in [4.78, 5) is 15.5. The number of hydrogen-bond acceptors (Lipinski definition) is 7. The van der Waals surface area contributed by atoms with Crippen molar-refractivity contribution in [2.75, 3.05) is 29.8 Å². The van der Waals surface area contributed by atoms with Gasteiger partial charge in [0.1, 0.15) is 0 Å². The summed E-state index contributed by atoms with van der Waals surface area (Å²) in [6, 6.07) is 12.9. The fourth-order valence-electron chi connectivity index (χ4n) is 3.99. The second kappa shape index (κ2) is 11.7. The SMILES string of the molecule is CN(c1ccc(S(=O)(=O)Nc2cscn2)cc1C(F)(F)F)[C@H]1CCN(Cc2ccccc2)C1.O=CO. The van der Waals surface area contributed by atoms with Gasteiger partial charge < -0.3 is 10.0 Å². The highest BCUT2D eigenvalue weighted by Gasteiger charge is 2.38. The first-order chi connectivity index (χ1) is 17.0. The molecule has 0 radical (unpaired) electrons. The molecule has 1 saturated heterocycles. The normalized spacial score (nSPS) is 16.2. The Balaban J connectivity index is 0.00000115. The Morgan fingerprint density at radius 2 is 1.94 bits per heavy atom. The Hall–Kier alpha value is -3.16. The minimum Gasteiger partial charge on any atom is -0.483 e. The number of likely N-dealkylation sites (tertiary alicyclic amines) is 1. The van der Waals surface area contributed by atoms with E-state index in [9.17, 15) is 21.6 Å². The zero-order valence-corrected chi connectivity index (χ0v) is 20.9. The maximum absolute atomic E-state index is 13.9. The fraction of sp³-hybridized carbons (Fsp3) is 0.304. The lowest BCUT2D eigenvalue weighted by Gasteiger charge is -2.30. The third-order valence-electron chi connectivity index (χ3n) is 5.68. The maximum atomic E-state index is 13.9. The number of carboxylic acid groups (broad SMARTS) is 1. The topological polar surface area (TPSA) is 103 Å². The number of halogens is 3. The summed E-state index contributed by atoms with van der Waals surface area (Å²) in [6.07, 6.45) is -4.00. The lowest BCUT2D eigenvalue weighted by Crippen LogP contribution is -2.35. The molecule has 1 atom stereocenters. The number of nitrogens with one attached hydrogen (secondary N) is 1. The van der Waals surface area contributed by atoms with Crippen molar-refractivity contribution >= 4 is 39.3 Å². The second-order valence-electron chi connectivity index (χ2n) is 8.04. The molecule has 3 aromatic rings. The van der Waals surface area contributed by atoms with E-state index >= 15 is 0 Å². The van der Waals surface area contributed by atoms with Crippen molar-refractivity contribution in [3.8, 4) is 0 Å². The molecule has 2 heterocycles. The molecule has 0 amide bonds. The van der Waals surface area contributed by atoms with Gasteiger partial charge in [0.2, 0.25) is 0 Å². The van der Waals surface area contributed by atoms with Crippen molar-refractivity contribution in [1.82, 2.24) is 9.88 Å². The van der Waals surface area contributed by atoms with Crippen molar-refractivity contribution in [2.24, 2.45) is 0 Å². The summed E-state index contributed by atoms with van der Waals surface area (Å²) in [5.41, 5.74) is 1.56. The molecule has 4 rings (SSSR count). The van der Waals surface area contributed by atoms with Gasteiger partial charge in [-0.05, 0) is 30.2 Å². The van der Waals surface area contributed by atoms with Gasteiger partial charge >= 0.3 is 6.18 Å². The number of nitrogens with zero attached hydrogens (tertiary/aromatic N) is 3. The first-order valence-electron chi connectivity index (χ1n) is 10.7. The summed E-state index contributed by atoms with van der Waals surface area (Å²) in [5, 5.41) is 8.35. The van der Waals surface area contributed by atoms with Gasteiger partial charge in [0.05, 0.1) is 16.0 Å². The van der Waals surface area contributed by atoms with Gasteiger partial charge in [-0.1, -0.05) is 30.3 Å². The second-order valence-corrected chi connectivity index (χ2v) is 10.4. The Bertz CT molecular complexity index is 1240. The molecule has 36 heavy (non-hydrogen) atoms. The van der Waals surface area contributed by atoms with Crippen LogP contribution in [0.3, 0.4) is 0 Å². The van der Waals surface area contributed by atoms with Gasteiger partial charge in [-0.25, -0.2) is 13.4 Å². The number of anilines is 2. The van der Waals surface area contributed by atoms with E-state index in [4.69, 9.17) is 9.90 Å². The molecule has 2 aromatic carbocycles. The standard InChI is InChI=1S/C22H23F3N4O2S2.CH2O2/c1-28(17-9-10-29(13-17)12-16-5-3-2-4-6-16)20-8-7-18(11-19(20)22(23,24)25)33(30,31)27-21-14-32-15-26-21;2-1-3/h2-8,11,14-15,17,27H,9-10,12-13H2,1H3;1H,(H,2,3)/t17-;/m0./s1. The van der Waals surface area contributed by atoms with E-state index in [2.05, 4.69) is 14.6 Å². The first-order valence-corrected chi connectivity index (χ1v) is 13.2. The number of carbonyl (C=O) groups is 1. The predicted octanol–water partition coefficient (Wildman–Crippen LogP) is 4.37. The van der Waals surface area contributed by atoms with E-state index in [0.717, 1.165) is 18.7 Å². The number of benzene rings is 2. The van der Waals surface area contributed by atoms with Crippen LogP contribution in [0.25, 0.3) is 0 Å². The van der Waals surface area contributed by atoms with Gasteiger partial charge in [-0.2, -0.15) is 13.2 Å². The summed E-state index contributed by atoms with van der Waals surface area (Å²) >= 11 is 1.18. The van der Waals surface area contributed by atoms with Gasteiger partial charge in [0.25, 0.3) is 16.5 Å². The fourth-order valence-corrected chi connectivity index (χ4v) is 5.57. The highest BCUT2D eigenvalue weighted by atomic mass is 32.2. The molecular weight excluding hydrogens is 517 g/mol. The molecule has 0 bridgehead atoms. The van der Waals surface area contributed by atoms with Crippen LogP contribution in [0, 0.1) is 0 Å². The van der Waals surface area contributed by atoms with Crippen molar-refractivity contribution in [3.63, 3.8) is 0 Å². The van der Waals surface area contributed by atoms with Crippen molar-refractivity contribution in [1.29, 1.82) is 0 Å². The molecule has 1 aromatic heterocycles. The molecule has 1 aliphatic heterocycles. The molecule has 8 nitrogen and oxygen atoms in total. The summed E-state index contributed by atoms with van der Waals surface area (Å²) in [7, 11) is -2.58. The van der Waals surface area contributed by atoms with E-state index < -0.39 is 26.7 Å². The van der Waals surface area contributed by atoms with Crippen molar-refractivity contribution in [3.05, 3.63) is 70.5 Å². The van der Waals surface area contributed by atoms with Crippen LogP contribution in [0.4, 0.5) is 24.7 Å². The average molecular weight is 543 g/mol. The van der Waals surface area contributed by atoms with Crippen LogP contribution in [0.2, 0.25) is 0 Å². The third-order valence-corrected chi connectivity index (χ3v) is 7.62. The van der Waals surface area contributed by atoms with Crippen LogP contribution in [0.1, 0.15) is 17.5 Å². The minimum atomic E-state index is -4.71.